The number of rotatable bonds is 5. The summed E-state index contributed by atoms with van der Waals surface area (Å²) in [4.78, 5) is 13.0. The molecule has 1 N–H and O–H groups in total. The lowest BCUT2D eigenvalue weighted by Gasteiger charge is -2.36. The number of benzene rings is 4. The van der Waals surface area contributed by atoms with Gasteiger partial charge in [0.05, 0.1) is 12.2 Å². The van der Waals surface area contributed by atoms with Crippen molar-refractivity contribution in [2.75, 3.05) is 6.61 Å². The van der Waals surface area contributed by atoms with Crippen molar-refractivity contribution in [2.45, 2.75) is 25.9 Å². The maximum absolute atomic E-state index is 13.0. The molecule has 0 saturated heterocycles. The SMILES string of the molecule is Cc1ccc2c(c1)C(=O)OC21c2ccc(O)cc2Oc2cc(OCC(C)Cc3ccccc3)ccc21. The lowest BCUT2D eigenvalue weighted by atomic mass is 9.77. The van der Waals surface area contributed by atoms with Crippen molar-refractivity contribution >= 4 is 5.97 Å². The summed E-state index contributed by atoms with van der Waals surface area (Å²) in [7, 11) is 0. The molecule has 5 heteroatoms. The van der Waals surface area contributed by atoms with Gasteiger partial charge in [-0.25, -0.2) is 4.79 Å². The number of fused-ring (bicyclic) bond motifs is 6. The molecule has 180 valence electrons. The third-order valence-corrected chi connectivity index (χ3v) is 6.88. The first-order valence-corrected chi connectivity index (χ1v) is 12.1. The fraction of sp³-hybridized carbons (Fsp3) is 0.194. The molecule has 1 spiro atoms. The van der Waals surface area contributed by atoms with Crippen molar-refractivity contribution < 1.29 is 24.1 Å². The van der Waals surface area contributed by atoms with Gasteiger partial charge < -0.3 is 19.3 Å². The molecular weight excluding hydrogens is 452 g/mol. The Hall–Kier alpha value is -4.25. The highest BCUT2D eigenvalue weighted by molar-refractivity contribution is 5.97. The van der Waals surface area contributed by atoms with Gasteiger partial charge >= 0.3 is 5.97 Å². The summed E-state index contributed by atoms with van der Waals surface area (Å²) in [5.41, 5.74) is 3.80. The van der Waals surface area contributed by atoms with E-state index in [1.807, 2.05) is 61.5 Å². The van der Waals surface area contributed by atoms with E-state index in [1.165, 1.54) is 5.56 Å². The van der Waals surface area contributed by atoms with Crippen LogP contribution >= 0.6 is 0 Å². The Balaban J connectivity index is 1.37. The molecule has 4 aromatic rings. The quantitative estimate of drug-likeness (QED) is 0.331. The lowest BCUT2D eigenvalue weighted by molar-refractivity contribution is 0.0224. The molecule has 0 fully saturated rings. The largest absolute Gasteiger partial charge is 0.508 e. The minimum atomic E-state index is -1.16. The zero-order valence-corrected chi connectivity index (χ0v) is 20.2. The number of aromatic hydroxyl groups is 1. The van der Waals surface area contributed by atoms with Crippen LogP contribution in [-0.2, 0) is 16.8 Å². The number of phenols is 1. The van der Waals surface area contributed by atoms with E-state index in [1.54, 1.807) is 18.2 Å². The van der Waals surface area contributed by atoms with Gasteiger partial charge in [0.15, 0.2) is 5.60 Å². The van der Waals surface area contributed by atoms with Crippen LogP contribution in [0.5, 0.6) is 23.0 Å². The molecule has 0 saturated carbocycles. The molecule has 2 unspecified atom stereocenters. The van der Waals surface area contributed by atoms with Crippen molar-refractivity contribution in [1.82, 2.24) is 0 Å². The third-order valence-electron chi connectivity index (χ3n) is 6.88. The van der Waals surface area contributed by atoms with E-state index in [4.69, 9.17) is 14.2 Å². The molecule has 0 aliphatic carbocycles. The smallest absolute Gasteiger partial charge is 0.340 e. The Kier molecular flexibility index (Phi) is 5.22. The summed E-state index contributed by atoms with van der Waals surface area (Å²) in [6.45, 7) is 4.66. The number of phenolic OH excluding ortho intramolecular Hbond substituents is 1. The van der Waals surface area contributed by atoms with Crippen LogP contribution in [0.3, 0.4) is 0 Å². The average Bonchev–Trinajstić information content (AvgIpc) is 3.15. The van der Waals surface area contributed by atoms with Gasteiger partial charge in [-0.05, 0) is 55.2 Å². The van der Waals surface area contributed by atoms with Crippen LogP contribution in [0.15, 0.2) is 84.9 Å². The van der Waals surface area contributed by atoms with Gasteiger partial charge in [0, 0.05) is 28.8 Å². The van der Waals surface area contributed by atoms with Gasteiger partial charge in [0.1, 0.15) is 23.0 Å². The highest BCUT2D eigenvalue weighted by atomic mass is 16.6. The van der Waals surface area contributed by atoms with E-state index in [9.17, 15) is 9.90 Å². The van der Waals surface area contributed by atoms with Crippen LogP contribution in [-0.4, -0.2) is 17.7 Å². The lowest BCUT2D eigenvalue weighted by Crippen LogP contribution is -2.33. The average molecular weight is 479 g/mol. The first-order chi connectivity index (χ1) is 17.4. The number of hydrogen-bond acceptors (Lipinski definition) is 5. The first-order valence-electron chi connectivity index (χ1n) is 12.1. The van der Waals surface area contributed by atoms with Crippen molar-refractivity contribution in [3.63, 3.8) is 0 Å². The molecule has 2 heterocycles. The van der Waals surface area contributed by atoms with Gasteiger partial charge in [-0.2, -0.15) is 0 Å². The molecule has 2 atom stereocenters. The molecule has 36 heavy (non-hydrogen) atoms. The van der Waals surface area contributed by atoms with Gasteiger partial charge in [-0.1, -0.05) is 55.0 Å². The number of esters is 1. The van der Waals surface area contributed by atoms with Crippen LogP contribution in [0.25, 0.3) is 0 Å². The molecule has 6 rings (SSSR count). The standard InChI is InChI=1S/C31H26O5/c1-19-8-11-25-24(15-19)30(33)36-31(25)26-12-9-22(32)16-28(26)35-29-17-23(10-13-27(29)31)34-18-20(2)14-21-6-4-3-5-7-21/h3-13,15-17,20,32H,14,18H2,1-2H3. The molecule has 0 radical (unpaired) electrons. The summed E-state index contributed by atoms with van der Waals surface area (Å²) in [5, 5.41) is 10.2. The highest BCUT2D eigenvalue weighted by Gasteiger charge is 2.53. The summed E-state index contributed by atoms with van der Waals surface area (Å²) < 4.78 is 18.5. The van der Waals surface area contributed by atoms with E-state index < -0.39 is 5.60 Å². The van der Waals surface area contributed by atoms with Crippen LogP contribution in [0.4, 0.5) is 0 Å². The predicted octanol–water partition coefficient (Wildman–Crippen LogP) is 6.53. The Labute approximate surface area is 209 Å². The number of aryl methyl sites for hydroxylation is 1. The second-order valence-corrected chi connectivity index (χ2v) is 9.67. The van der Waals surface area contributed by atoms with Crippen LogP contribution < -0.4 is 9.47 Å². The van der Waals surface area contributed by atoms with E-state index in [-0.39, 0.29) is 11.7 Å². The Morgan fingerprint density at radius 1 is 0.889 bits per heavy atom. The molecule has 2 aliphatic heterocycles. The van der Waals surface area contributed by atoms with Gasteiger partial charge in [-0.3, -0.25) is 0 Å². The molecule has 5 nitrogen and oxygen atoms in total. The van der Waals surface area contributed by atoms with Gasteiger partial charge in [-0.15, -0.1) is 0 Å². The molecular formula is C31H26O5. The van der Waals surface area contributed by atoms with Crippen LogP contribution in [0.2, 0.25) is 0 Å². The molecule has 0 bridgehead atoms. The summed E-state index contributed by atoms with van der Waals surface area (Å²) in [6, 6.07) is 26.7. The topological polar surface area (TPSA) is 65.0 Å². The Bertz CT molecular complexity index is 1480. The summed E-state index contributed by atoms with van der Waals surface area (Å²) >= 11 is 0. The maximum atomic E-state index is 13.0. The van der Waals surface area contributed by atoms with Crippen LogP contribution in [0, 0.1) is 12.8 Å². The molecule has 0 aromatic heterocycles. The van der Waals surface area contributed by atoms with E-state index >= 15 is 0 Å². The van der Waals surface area contributed by atoms with Gasteiger partial charge in [0.2, 0.25) is 0 Å². The zero-order valence-electron chi connectivity index (χ0n) is 20.2. The van der Waals surface area contributed by atoms with E-state index in [0.717, 1.165) is 23.1 Å². The Morgan fingerprint density at radius 3 is 2.42 bits per heavy atom. The minimum absolute atomic E-state index is 0.0722. The number of ether oxygens (including phenoxy) is 3. The minimum Gasteiger partial charge on any atom is -0.508 e. The summed E-state index contributed by atoms with van der Waals surface area (Å²) in [6.07, 6.45) is 0.921. The number of carbonyl (C=O) groups excluding carboxylic acids is 1. The molecule has 0 amide bonds. The predicted molar refractivity (Wildman–Crippen MR) is 136 cm³/mol. The van der Waals surface area contributed by atoms with Gasteiger partial charge in [0.25, 0.3) is 0 Å². The fourth-order valence-corrected chi connectivity index (χ4v) is 5.21. The summed E-state index contributed by atoms with van der Waals surface area (Å²) in [5.74, 6) is 1.65. The zero-order chi connectivity index (χ0) is 24.9. The Morgan fingerprint density at radius 2 is 1.61 bits per heavy atom. The molecule has 2 aliphatic rings. The van der Waals surface area contributed by atoms with Crippen molar-refractivity contribution in [3.05, 3.63) is 118 Å². The van der Waals surface area contributed by atoms with Crippen molar-refractivity contribution in [1.29, 1.82) is 0 Å². The van der Waals surface area contributed by atoms with Crippen molar-refractivity contribution in [2.24, 2.45) is 5.92 Å². The van der Waals surface area contributed by atoms with Crippen LogP contribution in [0.1, 0.15) is 45.1 Å². The second-order valence-electron chi connectivity index (χ2n) is 9.67. The second kappa shape index (κ2) is 8.45. The first kappa shape index (κ1) is 22.2. The fourth-order valence-electron chi connectivity index (χ4n) is 5.21. The monoisotopic (exact) mass is 478 g/mol. The molecule has 4 aromatic carbocycles. The van der Waals surface area contributed by atoms with E-state index in [2.05, 4.69) is 19.1 Å². The highest BCUT2D eigenvalue weighted by Crippen LogP contribution is 2.57. The number of hydrogen-bond donors (Lipinski definition) is 1. The van der Waals surface area contributed by atoms with E-state index in [0.29, 0.717) is 40.9 Å². The third kappa shape index (κ3) is 3.59. The van der Waals surface area contributed by atoms with Crippen molar-refractivity contribution in [3.8, 4) is 23.0 Å². The normalized spacial score (nSPS) is 18.0. The maximum Gasteiger partial charge on any atom is 0.340 e. The number of carbonyl (C=O) groups is 1.